The highest BCUT2D eigenvalue weighted by atomic mass is 19.4. The van der Waals surface area contributed by atoms with E-state index < -0.39 is 17.8 Å². The SMILES string of the molecule is CCCC(OCC)C(=O)Cc1ccc(C(F)(F)F)cc1. The number of benzene rings is 1. The van der Waals surface area contributed by atoms with Crippen molar-refractivity contribution in [2.45, 2.75) is 45.4 Å². The Morgan fingerprint density at radius 2 is 1.80 bits per heavy atom. The molecule has 0 radical (unpaired) electrons. The van der Waals surface area contributed by atoms with Gasteiger partial charge in [-0.3, -0.25) is 4.79 Å². The zero-order valence-electron chi connectivity index (χ0n) is 11.7. The lowest BCUT2D eigenvalue weighted by Gasteiger charge is -2.15. The van der Waals surface area contributed by atoms with Crippen molar-refractivity contribution in [3.05, 3.63) is 35.4 Å². The van der Waals surface area contributed by atoms with Crippen LogP contribution in [-0.4, -0.2) is 18.5 Å². The van der Waals surface area contributed by atoms with Gasteiger partial charge in [-0.1, -0.05) is 25.5 Å². The van der Waals surface area contributed by atoms with Gasteiger partial charge in [0.1, 0.15) is 6.10 Å². The summed E-state index contributed by atoms with van der Waals surface area (Å²) >= 11 is 0. The molecule has 0 aromatic heterocycles. The van der Waals surface area contributed by atoms with Crippen molar-refractivity contribution in [3.8, 4) is 0 Å². The summed E-state index contributed by atoms with van der Waals surface area (Å²) in [5.41, 5.74) is -0.132. The molecular weight excluding hydrogens is 269 g/mol. The predicted octanol–water partition coefficient (Wildman–Crippen LogP) is 4.02. The normalized spacial score (nSPS) is 13.2. The molecule has 0 spiro atoms. The van der Waals surface area contributed by atoms with Gasteiger partial charge in [0, 0.05) is 13.0 Å². The van der Waals surface area contributed by atoms with Crippen molar-refractivity contribution in [1.29, 1.82) is 0 Å². The highest BCUT2D eigenvalue weighted by Crippen LogP contribution is 2.29. The highest BCUT2D eigenvalue weighted by Gasteiger charge is 2.30. The van der Waals surface area contributed by atoms with Crippen LogP contribution in [-0.2, 0) is 22.1 Å². The number of carbonyl (C=O) groups excluding carboxylic acids is 1. The van der Waals surface area contributed by atoms with Crippen molar-refractivity contribution >= 4 is 5.78 Å². The zero-order valence-corrected chi connectivity index (χ0v) is 11.7. The minimum atomic E-state index is -4.35. The maximum atomic E-state index is 12.4. The number of Topliss-reactive ketones (excluding diaryl/α,β-unsaturated/α-hetero) is 1. The minimum Gasteiger partial charge on any atom is -0.371 e. The molecule has 0 bridgehead atoms. The second kappa shape index (κ2) is 7.43. The summed E-state index contributed by atoms with van der Waals surface area (Å²) in [6.07, 6.45) is -3.26. The molecule has 112 valence electrons. The van der Waals surface area contributed by atoms with Crippen LogP contribution in [0.4, 0.5) is 13.2 Å². The van der Waals surface area contributed by atoms with E-state index in [2.05, 4.69) is 0 Å². The topological polar surface area (TPSA) is 26.3 Å². The Kier molecular flexibility index (Phi) is 6.20. The van der Waals surface area contributed by atoms with Gasteiger partial charge in [0.2, 0.25) is 0 Å². The second-order valence-electron chi connectivity index (χ2n) is 4.57. The van der Waals surface area contributed by atoms with Gasteiger partial charge in [0.25, 0.3) is 0 Å². The van der Waals surface area contributed by atoms with E-state index in [0.29, 0.717) is 18.6 Å². The van der Waals surface area contributed by atoms with Gasteiger partial charge in [-0.05, 0) is 31.0 Å². The third-order valence-electron chi connectivity index (χ3n) is 2.94. The number of hydrogen-bond acceptors (Lipinski definition) is 2. The summed E-state index contributed by atoms with van der Waals surface area (Å²) in [7, 11) is 0. The summed E-state index contributed by atoms with van der Waals surface area (Å²) in [6, 6.07) is 4.68. The number of carbonyl (C=O) groups is 1. The fraction of sp³-hybridized carbons (Fsp3) is 0.533. The summed E-state index contributed by atoms with van der Waals surface area (Å²) in [6.45, 7) is 4.22. The Hall–Kier alpha value is -1.36. The van der Waals surface area contributed by atoms with Crippen LogP contribution < -0.4 is 0 Å². The molecule has 0 N–H and O–H groups in total. The van der Waals surface area contributed by atoms with Gasteiger partial charge in [-0.15, -0.1) is 0 Å². The standard InChI is InChI=1S/C15H19F3O2/c1-3-5-14(20-4-2)13(19)10-11-6-8-12(9-7-11)15(16,17)18/h6-9,14H,3-5,10H2,1-2H3. The van der Waals surface area contributed by atoms with Gasteiger partial charge < -0.3 is 4.74 Å². The molecule has 0 saturated heterocycles. The molecule has 1 rings (SSSR count). The summed E-state index contributed by atoms with van der Waals surface area (Å²) in [5.74, 6) is -0.0894. The first kappa shape index (κ1) is 16.7. The number of halogens is 3. The van der Waals surface area contributed by atoms with Crippen LogP contribution in [0.25, 0.3) is 0 Å². The minimum absolute atomic E-state index is 0.0894. The number of rotatable bonds is 7. The van der Waals surface area contributed by atoms with Crippen molar-refractivity contribution in [2.75, 3.05) is 6.61 Å². The number of ether oxygens (including phenoxy) is 1. The first-order chi connectivity index (χ1) is 9.38. The van der Waals surface area contributed by atoms with Gasteiger partial charge in [-0.25, -0.2) is 0 Å². The Morgan fingerprint density at radius 1 is 1.20 bits per heavy atom. The molecule has 0 aliphatic rings. The van der Waals surface area contributed by atoms with Crippen LogP contribution >= 0.6 is 0 Å². The molecule has 1 aromatic rings. The lowest BCUT2D eigenvalue weighted by Crippen LogP contribution is -2.26. The summed E-state index contributed by atoms with van der Waals surface area (Å²) in [5, 5.41) is 0. The van der Waals surface area contributed by atoms with Crippen molar-refractivity contribution in [1.82, 2.24) is 0 Å². The fourth-order valence-electron chi connectivity index (χ4n) is 1.93. The lowest BCUT2D eigenvalue weighted by molar-refractivity contribution is -0.137. The van der Waals surface area contributed by atoms with E-state index in [1.54, 1.807) is 0 Å². The highest BCUT2D eigenvalue weighted by molar-refractivity contribution is 5.85. The van der Waals surface area contributed by atoms with Crippen molar-refractivity contribution in [3.63, 3.8) is 0 Å². The van der Waals surface area contributed by atoms with Crippen LogP contribution in [0.2, 0.25) is 0 Å². The van der Waals surface area contributed by atoms with E-state index >= 15 is 0 Å². The van der Waals surface area contributed by atoms with Crippen molar-refractivity contribution < 1.29 is 22.7 Å². The number of alkyl halides is 3. The molecule has 1 atom stereocenters. The van der Waals surface area contributed by atoms with Crippen LogP contribution in [0.1, 0.15) is 37.8 Å². The molecule has 0 heterocycles. The van der Waals surface area contributed by atoms with Crippen LogP contribution in [0.5, 0.6) is 0 Å². The Bertz CT molecular complexity index is 418. The molecule has 0 fully saturated rings. The quantitative estimate of drug-likeness (QED) is 0.757. The Balaban J connectivity index is 2.70. The molecule has 5 heteroatoms. The first-order valence-electron chi connectivity index (χ1n) is 6.69. The van der Waals surface area contributed by atoms with E-state index in [9.17, 15) is 18.0 Å². The third-order valence-corrected chi connectivity index (χ3v) is 2.94. The predicted molar refractivity (Wildman–Crippen MR) is 70.5 cm³/mol. The van der Waals surface area contributed by atoms with E-state index in [1.165, 1.54) is 12.1 Å². The Morgan fingerprint density at radius 3 is 2.25 bits per heavy atom. The molecule has 2 nitrogen and oxygen atoms in total. The van der Waals surface area contributed by atoms with Crippen LogP contribution in [0.3, 0.4) is 0 Å². The molecule has 1 unspecified atom stereocenters. The molecule has 1 aromatic carbocycles. The second-order valence-corrected chi connectivity index (χ2v) is 4.57. The number of ketones is 1. The number of hydrogen-bond donors (Lipinski definition) is 0. The maximum absolute atomic E-state index is 12.4. The summed E-state index contributed by atoms with van der Waals surface area (Å²) < 4.78 is 42.6. The fourth-order valence-corrected chi connectivity index (χ4v) is 1.93. The first-order valence-corrected chi connectivity index (χ1v) is 6.69. The average Bonchev–Trinajstić information content (AvgIpc) is 2.38. The molecule has 20 heavy (non-hydrogen) atoms. The molecular formula is C15H19F3O2. The van der Waals surface area contributed by atoms with Crippen LogP contribution in [0.15, 0.2) is 24.3 Å². The van der Waals surface area contributed by atoms with Gasteiger partial charge in [0.05, 0.1) is 5.56 Å². The molecule has 0 aliphatic carbocycles. The monoisotopic (exact) mass is 288 g/mol. The van der Waals surface area contributed by atoms with Crippen LogP contribution in [0, 0.1) is 0 Å². The smallest absolute Gasteiger partial charge is 0.371 e. The summed E-state index contributed by atoms with van der Waals surface area (Å²) in [4.78, 5) is 12.0. The van der Waals surface area contributed by atoms with E-state index in [0.717, 1.165) is 18.6 Å². The molecule has 0 aliphatic heterocycles. The lowest BCUT2D eigenvalue weighted by atomic mass is 10.0. The average molecular weight is 288 g/mol. The third kappa shape index (κ3) is 4.96. The van der Waals surface area contributed by atoms with E-state index in [-0.39, 0.29) is 12.2 Å². The largest absolute Gasteiger partial charge is 0.416 e. The van der Waals surface area contributed by atoms with Gasteiger partial charge in [0.15, 0.2) is 5.78 Å². The molecule has 0 saturated carbocycles. The zero-order chi connectivity index (χ0) is 15.2. The van der Waals surface area contributed by atoms with Crippen molar-refractivity contribution in [2.24, 2.45) is 0 Å². The van der Waals surface area contributed by atoms with Gasteiger partial charge in [-0.2, -0.15) is 13.2 Å². The van der Waals surface area contributed by atoms with E-state index in [1.807, 2.05) is 13.8 Å². The maximum Gasteiger partial charge on any atom is 0.416 e. The molecule has 0 amide bonds. The Labute approximate surface area is 116 Å². The van der Waals surface area contributed by atoms with E-state index in [4.69, 9.17) is 4.74 Å². The van der Waals surface area contributed by atoms with Gasteiger partial charge >= 0.3 is 6.18 Å².